The van der Waals surface area contributed by atoms with Gasteiger partial charge in [0.05, 0.1) is 0 Å². The Morgan fingerprint density at radius 1 is 1.32 bits per heavy atom. The first-order chi connectivity index (χ1) is 11.5. The Balaban J connectivity index is 0.00000182. The minimum atomic E-state index is -1.00. The van der Waals surface area contributed by atoms with E-state index in [1.54, 1.807) is 4.90 Å². The number of fused-ring (bicyclic) bond motifs is 2. The molecule has 3 N–H and O–H groups in total. The monoisotopic (exact) mass is 364 g/mol. The topological polar surface area (TPSA) is 95.7 Å². The number of urea groups is 1. The molecule has 2 atom stereocenters. The lowest BCUT2D eigenvalue weighted by molar-refractivity contribution is -0.138. The second-order valence-corrected chi connectivity index (χ2v) is 6.77. The van der Waals surface area contributed by atoms with Crippen molar-refractivity contribution in [1.29, 1.82) is 0 Å². The zero-order chi connectivity index (χ0) is 16.9. The van der Waals surface area contributed by atoms with Gasteiger partial charge in [0.1, 0.15) is 12.1 Å². The predicted molar refractivity (Wildman–Crippen MR) is 93.1 cm³/mol. The molecule has 1 unspecified atom stereocenters. The molecule has 4 amide bonds. The Hall–Kier alpha value is -2.12. The lowest BCUT2D eigenvalue weighted by atomic mass is 9.92. The van der Waals surface area contributed by atoms with Crippen LogP contribution in [0.2, 0.25) is 0 Å². The molecule has 2 fully saturated rings. The number of amides is 4. The normalized spacial score (nSPS) is 27.5. The number of carbonyl (C=O) groups is 3. The maximum Gasteiger partial charge on any atom is 0.325 e. The van der Waals surface area contributed by atoms with E-state index < -0.39 is 11.6 Å². The molecule has 1 spiro atoms. The summed E-state index contributed by atoms with van der Waals surface area (Å²) in [4.78, 5) is 40.4. The van der Waals surface area contributed by atoms with Crippen LogP contribution in [0.5, 0.6) is 0 Å². The molecule has 7 nitrogen and oxygen atoms in total. The molecule has 4 rings (SSSR count). The van der Waals surface area contributed by atoms with Gasteiger partial charge in [-0.05, 0) is 30.4 Å². The summed E-state index contributed by atoms with van der Waals surface area (Å²) in [5.41, 5.74) is 6.74. The van der Waals surface area contributed by atoms with Gasteiger partial charge in [-0.1, -0.05) is 24.3 Å². The molecule has 0 bridgehead atoms. The van der Waals surface area contributed by atoms with Crippen LogP contribution in [0.4, 0.5) is 4.79 Å². The van der Waals surface area contributed by atoms with Gasteiger partial charge in [0.15, 0.2) is 0 Å². The zero-order valence-corrected chi connectivity index (χ0v) is 14.6. The van der Waals surface area contributed by atoms with Gasteiger partial charge >= 0.3 is 6.03 Å². The smallest absolute Gasteiger partial charge is 0.325 e. The fraction of sp³-hybridized carbons (Fsp3) is 0.471. The number of imide groups is 1. The highest BCUT2D eigenvalue weighted by Crippen LogP contribution is 2.41. The van der Waals surface area contributed by atoms with Gasteiger partial charge in [0.25, 0.3) is 5.91 Å². The first-order valence-corrected chi connectivity index (χ1v) is 8.27. The first kappa shape index (κ1) is 17.7. The molecule has 0 aromatic heterocycles. The number of nitrogens with zero attached hydrogens (tertiary/aromatic N) is 2. The molecule has 25 heavy (non-hydrogen) atoms. The molecule has 134 valence electrons. The SMILES string of the molecule is Cl.N[C@@H]1CCN(C(=O)CN2C(=O)NC3(CCc4ccccc43)C2=O)C1. The van der Waals surface area contributed by atoms with Gasteiger partial charge in [-0.3, -0.25) is 14.5 Å². The van der Waals surface area contributed by atoms with Gasteiger partial charge in [-0.25, -0.2) is 4.79 Å². The van der Waals surface area contributed by atoms with E-state index in [1.165, 1.54) is 0 Å². The third-order valence-electron chi connectivity index (χ3n) is 5.29. The lowest BCUT2D eigenvalue weighted by Gasteiger charge is -2.23. The highest BCUT2D eigenvalue weighted by atomic mass is 35.5. The highest BCUT2D eigenvalue weighted by molar-refractivity contribution is 6.09. The number of halogens is 1. The number of aryl methyl sites for hydroxylation is 1. The van der Waals surface area contributed by atoms with Crippen LogP contribution in [-0.4, -0.2) is 53.3 Å². The Morgan fingerprint density at radius 3 is 2.80 bits per heavy atom. The lowest BCUT2D eigenvalue weighted by Crippen LogP contribution is -2.44. The van der Waals surface area contributed by atoms with E-state index >= 15 is 0 Å². The molecular formula is C17H21ClN4O3. The van der Waals surface area contributed by atoms with Crippen molar-refractivity contribution in [3.8, 4) is 0 Å². The standard InChI is InChI=1S/C17H20N4O3.ClH/c18-12-6-8-20(9-12)14(22)10-21-15(23)17(19-16(21)24)7-5-11-3-1-2-4-13(11)17;/h1-4,12H,5-10,18H2,(H,19,24);1H/t12-,17?;/m1./s1. The maximum atomic E-state index is 13.0. The number of likely N-dealkylation sites (tertiary alicyclic amines) is 1. The quantitative estimate of drug-likeness (QED) is 0.741. The summed E-state index contributed by atoms with van der Waals surface area (Å²) in [5, 5.41) is 2.83. The zero-order valence-electron chi connectivity index (χ0n) is 13.7. The van der Waals surface area contributed by atoms with Crippen molar-refractivity contribution in [3.63, 3.8) is 0 Å². The Bertz CT molecular complexity index is 740. The average molecular weight is 365 g/mol. The van der Waals surface area contributed by atoms with Crippen LogP contribution in [0.25, 0.3) is 0 Å². The number of nitrogens with two attached hydrogens (primary N) is 1. The molecule has 1 aromatic carbocycles. The number of nitrogens with one attached hydrogen (secondary N) is 1. The van der Waals surface area contributed by atoms with E-state index in [9.17, 15) is 14.4 Å². The van der Waals surface area contributed by atoms with Crippen molar-refractivity contribution >= 4 is 30.3 Å². The fourth-order valence-electron chi connectivity index (χ4n) is 3.98. The minimum Gasteiger partial charge on any atom is -0.340 e. The minimum absolute atomic E-state index is 0. The van der Waals surface area contributed by atoms with Crippen molar-refractivity contribution < 1.29 is 14.4 Å². The van der Waals surface area contributed by atoms with E-state index in [1.807, 2.05) is 24.3 Å². The van der Waals surface area contributed by atoms with Gasteiger partial charge in [0.2, 0.25) is 5.91 Å². The number of benzene rings is 1. The van der Waals surface area contributed by atoms with Crippen LogP contribution >= 0.6 is 12.4 Å². The Labute approximate surface area is 151 Å². The van der Waals surface area contributed by atoms with Crippen molar-refractivity contribution in [3.05, 3.63) is 35.4 Å². The third-order valence-corrected chi connectivity index (χ3v) is 5.29. The van der Waals surface area contributed by atoms with Crippen molar-refractivity contribution in [2.45, 2.75) is 30.8 Å². The van der Waals surface area contributed by atoms with Crippen LogP contribution in [0.15, 0.2) is 24.3 Å². The van der Waals surface area contributed by atoms with E-state index in [0.717, 1.165) is 28.9 Å². The van der Waals surface area contributed by atoms with E-state index in [-0.39, 0.29) is 36.8 Å². The molecule has 2 heterocycles. The van der Waals surface area contributed by atoms with E-state index in [2.05, 4.69) is 5.32 Å². The molecule has 1 aliphatic carbocycles. The largest absolute Gasteiger partial charge is 0.340 e. The molecular weight excluding hydrogens is 344 g/mol. The maximum absolute atomic E-state index is 13.0. The number of hydrogen-bond acceptors (Lipinski definition) is 4. The highest BCUT2D eigenvalue weighted by Gasteiger charge is 2.55. The van der Waals surface area contributed by atoms with Crippen LogP contribution in [0, 0.1) is 0 Å². The molecule has 0 saturated carbocycles. The predicted octanol–water partition coefficient (Wildman–Crippen LogP) is 0.361. The molecule has 2 aliphatic heterocycles. The second-order valence-electron chi connectivity index (χ2n) is 6.77. The molecule has 8 heteroatoms. The van der Waals surface area contributed by atoms with Gasteiger partial charge < -0.3 is 16.0 Å². The van der Waals surface area contributed by atoms with Crippen LogP contribution < -0.4 is 11.1 Å². The van der Waals surface area contributed by atoms with Crippen LogP contribution in [-0.2, 0) is 21.5 Å². The third kappa shape index (κ3) is 2.67. The summed E-state index contributed by atoms with van der Waals surface area (Å²) in [6.07, 6.45) is 2.03. The summed E-state index contributed by atoms with van der Waals surface area (Å²) in [6.45, 7) is 0.843. The Morgan fingerprint density at radius 2 is 2.08 bits per heavy atom. The summed E-state index contributed by atoms with van der Waals surface area (Å²) in [6, 6.07) is 7.13. The van der Waals surface area contributed by atoms with E-state index in [0.29, 0.717) is 19.5 Å². The van der Waals surface area contributed by atoms with Gasteiger partial charge in [-0.2, -0.15) is 0 Å². The Kier molecular flexibility index (Phi) is 4.47. The number of carbonyl (C=O) groups excluding carboxylic acids is 3. The van der Waals surface area contributed by atoms with E-state index in [4.69, 9.17) is 5.73 Å². The van der Waals surface area contributed by atoms with Crippen molar-refractivity contribution in [2.24, 2.45) is 5.73 Å². The summed E-state index contributed by atoms with van der Waals surface area (Å²) in [7, 11) is 0. The molecule has 3 aliphatic rings. The van der Waals surface area contributed by atoms with Crippen LogP contribution in [0.3, 0.4) is 0 Å². The molecule has 0 radical (unpaired) electrons. The number of rotatable bonds is 2. The average Bonchev–Trinajstić information content (AvgIpc) is 3.22. The van der Waals surface area contributed by atoms with Crippen molar-refractivity contribution in [2.75, 3.05) is 19.6 Å². The first-order valence-electron chi connectivity index (χ1n) is 8.27. The molecule has 1 aromatic rings. The van der Waals surface area contributed by atoms with Gasteiger partial charge in [-0.15, -0.1) is 12.4 Å². The fourth-order valence-corrected chi connectivity index (χ4v) is 3.98. The summed E-state index contributed by atoms with van der Waals surface area (Å²) >= 11 is 0. The van der Waals surface area contributed by atoms with Crippen LogP contribution in [0.1, 0.15) is 24.0 Å². The number of hydrogen-bond donors (Lipinski definition) is 2. The second kappa shape index (κ2) is 6.31. The van der Waals surface area contributed by atoms with Crippen molar-refractivity contribution in [1.82, 2.24) is 15.1 Å². The van der Waals surface area contributed by atoms with Gasteiger partial charge in [0, 0.05) is 19.1 Å². The summed E-state index contributed by atoms with van der Waals surface area (Å²) in [5.74, 6) is -0.552. The summed E-state index contributed by atoms with van der Waals surface area (Å²) < 4.78 is 0. The molecule has 2 saturated heterocycles.